The van der Waals surface area contributed by atoms with Crippen LogP contribution in [0.3, 0.4) is 0 Å². The van der Waals surface area contributed by atoms with Gasteiger partial charge < -0.3 is 10.4 Å². The van der Waals surface area contributed by atoms with Crippen LogP contribution in [0.2, 0.25) is 0 Å². The predicted octanol–water partition coefficient (Wildman–Crippen LogP) is 1.54. The molecule has 0 unspecified atom stereocenters. The van der Waals surface area contributed by atoms with E-state index in [0.29, 0.717) is 0 Å². The molecule has 0 radical (unpaired) electrons. The van der Waals surface area contributed by atoms with Crippen molar-refractivity contribution in [1.29, 1.82) is 0 Å². The normalized spacial score (nSPS) is 12.0. The van der Waals surface area contributed by atoms with Crippen molar-refractivity contribution in [2.24, 2.45) is 7.05 Å². The average Bonchev–Trinajstić information content (AvgIpc) is 2.91. The topological polar surface area (TPSA) is 93.3 Å². The van der Waals surface area contributed by atoms with Gasteiger partial charge in [0.15, 0.2) is 0 Å². The maximum atomic E-state index is 12.4. The third-order valence-corrected chi connectivity index (χ3v) is 4.53. The highest BCUT2D eigenvalue weighted by Gasteiger charge is 2.20. The number of carboxylic acid groups (broad SMARTS) is 1. The molecule has 7 heteroatoms. The van der Waals surface area contributed by atoms with E-state index in [1.54, 1.807) is 7.05 Å². The highest BCUT2D eigenvalue weighted by molar-refractivity contribution is 5.84. The SMILES string of the molecule is Cn1c(=O)n(CCC(=O)N[C@@H](Cc2ccccc2)C(=O)O)c2ccccc21. The van der Waals surface area contributed by atoms with Gasteiger partial charge in [-0.25, -0.2) is 9.59 Å². The highest BCUT2D eigenvalue weighted by atomic mass is 16.4. The number of aryl methyl sites for hydroxylation is 2. The number of benzene rings is 2. The Balaban J connectivity index is 1.68. The number of nitrogens with zero attached hydrogens (tertiary/aromatic N) is 2. The molecule has 3 aromatic rings. The number of hydrogen-bond donors (Lipinski definition) is 2. The molecule has 27 heavy (non-hydrogen) atoms. The lowest BCUT2D eigenvalue weighted by Crippen LogP contribution is -2.42. The lowest BCUT2D eigenvalue weighted by Gasteiger charge is -2.15. The Kier molecular flexibility index (Phi) is 5.40. The summed E-state index contributed by atoms with van der Waals surface area (Å²) in [6.07, 6.45) is 0.225. The highest BCUT2D eigenvalue weighted by Crippen LogP contribution is 2.12. The van der Waals surface area contributed by atoms with Gasteiger partial charge in [-0.3, -0.25) is 13.9 Å². The Bertz CT molecular complexity index is 1020. The lowest BCUT2D eigenvalue weighted by molar-refractivity contribution is -0.141. The molecule has 0 saturated heterocycles. The fraction of sp³-hybridized carbons (Fsp3) is 0.250. The van der Waals surface area contributed by atoms with Crippen molar-refractivity contribution in [3.05, 3.63) is 70.6 Å². The summed E-state index contributed by atoms with van der Waals surface area (Å²) in [5, 5.41) is 11.9. The first-order valence-corrected chi connectivity index (χ1v) is 8.67. The number of nitrogens with one attached hydrogen (secondary N) is 1. The van der Waals surface area contributed by atoms with Crippen LogP contribution in [0, 0.1) is 0 Å². The molecule has 7 nitrogen and oxygen atoms in total. The molecule has 0 fully saturated rings. The van der Waals surface area contributed by atoms with Gasteiger partial charge in [0.05, 0.1) is 11.0 Å². The van der Waals surface area contributed by atoms with Crippen molar-refractivity contribution in [2.45, 2.75) is 25.4 Å². The van der Waals surface area contributed by atoms with E-state index in [2.05, 4.69) is 5.32 Å². The Morgan fingerprint density at radius 1 is 1.04 bits per heavy atom. The van der Waals surface area contributed by atoms with Crippen molar-refractivity contribution in [3.63, 3.8) is 0 Å². The first-order chi connectivity index (χ1) is 13.0. The number of imidazole rings is 1. The van der Waals surface area contributed by atoms with E-state index >= 15 is 0 Å². The number of para-hydroxylation sites is 2. The van der Waals surface area contributed by atoms with Gasteiger partial charge >= 0.3 is 11.7 Å². The standard InChI is InChI=1S/C20H21N3O4/c1-22-16-9-5-6-10-17(16)23(20(22)27)12-11-18(24)21-15(19(25)26)13-14-7-3-2-4-8-14/h2-10,15H,11-13H2,1H3,(H,21,24)(H,25,26)/t15-/m0/s1. The Morgan fingerprint density at radius 2 is 1.67 bits per heavy atom. The molecule has 0 saturated carbocycles. The number of carbonyl (C=O) groups excluding carboxylic acids is 1. The summed E-state index contributed by atoms with van der Waals surface area (Å²) in [6.45, 7) is 0.184. The van der Waals surface area contributed by atoms with Crippen molar-refractivity contribution >= 4 is 22.9 Å². The number of carboxylic acids is 1. The van der Waals surface area contributed by atoms with Gasteiger partial charge in [-0.2, -0.15) is 0 Å². The van der Waals surface area contributed by atoms with Gasteiger partial charge in [-0.15, -0.1) is 0 Å². The molecule has 2 aromatic carbocycles. The van der Waals surface area contributed by atoms with E-state index < -0.39 is 17.9 Å². The molecule has 1 atom stereocenters. The number of amides is 1. The first-order valence-electron chi connectivity index (χ1n) is 8.67. The number of rotatable bonds is 7. The molecule has 0 bridgehead atoms. The summed E-state index contributed by atoms with van der Waals surface area (Å²) >= 11 is 0. The summed E-state index contributed by atoms with van der Waals surface area (Å²) in [4.78, 5) is 36.1. The third kappa shape index (κ3) is 4.08. The van der Waals surface area contributed by atoms with Gasteiger partial charge in [0, 0.05) is 26.4 Å². The molecule has 0 aliphatic heterocycles. The number of carbonyl (C=O) groups is 2. The van der Waals surface area contributed by atoms with Gasteiger partial charge in [0.25, 0.3) is 0 Å². The summed E-state index contributed by atoms with van der Waals surface area (Å²) < 4.78 is 3.06. The molecule has 3 rings (SSSR count). The van der Waals surface area contributed by atoms with Crippen molar-refractivity contribution in [1.82, 2.24) is 14.5 Å². The van der Waals surface area contributed by atoms with E-state index in [-0.39, 0.29) is 25.1 Å². The molecule has 0 spiro atoms. The lowest BCUT2D eigenvalue weighted by atomic mass is 10.1. The minimum absolute atomic E-state index is 0.0203. The summed E-state index contributed by atoms with van der Waals surface area (Å²) in [5.41, 5.74) is 2.16. The zero-order valence-electron chi connectivity index (χ0n) is 15.0. The number of aromatic nitrogens is 2. The zero-order valence-corrected chi connectivity index (χ0v) is 15.0. The Morgan fingerprint density at radius 3 is 2.33 bits per heavy atom. The van der Waals surface area contributed by atoms with Crippen LogP contribution < -0.4 is 11.0 Å². The molecule has 0 aliphatic rings. The molecular formula is C20H21N3O4. The van der Waals surface area contributed by atoms with Crippen LogP contribution in [0.25, 0.3) is 11.0 Å². The molecular weight excluding hydrogens is 346 g/mol. The van der Waals surface area contributed by atoms with E-state index in [1.807, 2.05) is 54.6 Å². The molecule has 1 heterocycles. The quantitative estimate of drug-likeness (QED) is 0.662. The van der Waals surface area contributed by atoms with Crippen LogP contribution in [-0.4, -0.2) is 32.2 Å². The van der Waals surface area contributed by atoms with Crippen LogP contribution in [0.1, 0.15) is 12.0 Å². The van der Waals surface area contributed by atoms with E-state index in [1.165, 1.54) is 9.13 Å². The van der Waals surface area contributed by atoms with Crippen LogP contribution in [-0.2, 0) is 29.6 Å². The molecule has 2 N–H and O–H groups in total. The molecule has 1 aromatic heterocycles. The van der Waals surface area contributed by atoms with Crippen LogP contribution in [0.15, 0.2) is 59.4 Å². The Labute approximate surface area is 155 Å². The van der Waals surface area contributed by atoms with Crippen LogP contribution >= 0.6 is 0 Å². The van der Waals surface area contributed by atoms with Crippen LogP contribution in [0.4, 0.5) is 0 Å². The zero-order chi connectivity index (χ0) is 19.4. The second-order valence-corrected chi connectivity index (χ2v) is 6.38. The second-order valence-electron chi connectivity index (χ2n) is 6.38. The summed E-state index contributed by atoms with van der Waals surface area (Å²) in [6, 6.07) is 15.5. The number of aliphatic carboxylic acids is 1. The third-order valence-electron chi connectivity index (χ3n) is 4.53. The number of hydrogen-bond acceptors (Lipinski definition) is 3. The minimum atomic E-state index is -1.09. The van der Waals surface area contributed by atoms with E-state index in [0.717, 1.165) is 16.6 Å². The van der Waals surface area contributed by atoms with Crippen molar-refractivity contribution in [2.75, 3.05) is 0 Å². The summed E-state index contributed by atoms with van der Waals surface area (Å²) in [5.74, 6) is -1.49. The number of fused-ring (bicyclic) bond motifs is 1. The van der Waals surface area contributed by atoms with Crippen molar-refractivity contribution in [3.8, 4) is 0 Å². The monoisotopic (exact) mass is 367 g/mol. The molecule has 0 aliphatic carbocycles. The average molecular weight is 367 g/mol. The summed E-state index contributed by atoms with van der Waals surface area (Å²) in [7, 11) is 1.68. The van der Waals surface area contributed by atoms with Crippen molar-refractivity contribution < 1.29 is 14.7 Å². The fourth-order valence-electron chi connectivity index (χ4n) is 3.11. The largest absolute Gasteiger partial charge is 0.480 e. The maximum Gasteiger partial charge on any atom is 0.328 e. The first kappa shape index (κ1) is 18.4. The van der Waals surface area contributed by atoms with Gasteiger partial charge in [-0.05, 0) is 17.7 Å². The Hall–Kier alpha value is -3.35. The van der Waals surface area contributed by atoms with Crippen LogP contribution in [0.5, 0.6) is 0 Å². The predicted molar refractivity (Wildman–Crippen MR) is 102 cm³/mol. The van der Waals surface area contributed by atoms with Gasteiger partial charge in [0.2, 0.25) is 5.91 Å². The fourth-order valence-corrected chi connectivity index (χ4v) is 3.11. The van der Waals surface area contributed by atoms with Gasteiger partial charge in [-0.1, -0.05) is 42.5 Å². The maximum absolute atomic E-state index is 12.4. The smallest absolute Gasteiger partial charge is 0.328 e. The molecule has 140 valence electrons. The molecule has 1 amide bonds. The van der Waals surface area contributed by atoms with E-state index in [9.17, 15) is 19.5 Å². The second kappa shape index (κ2) is 7.90. The van der Waals surface area contributed by atoms with E-state index in [4.69, 9.17) is 0 Å². The minimum Gasteiger partial charge on any atom is -0.480 e. The van der Waals surface area contributed by atoms with Gasteiger partial charge in [0.1, 0.15) is 6.04 Å².